The minimum atomic E-state index is -0.482. The number of rotatable bonds is 7. The number of nitrogens with zero attached hydrogens (tertiary/aromatic N) is 2. The highest BCUT2D eigenvalue weighted by atomic mass is 35.5. The van der Waals surface area contributed by atoms with Gasteiger partial charge < -0.3 is 14.6 Å². The lowest BCUT2D eigenvalue weighted by Crippen LogP contribution is -2.13. The average Bonchev–Trinajstić information content (AvgIpc) is 3.18. The van der Waals surface area contributed by atoms with Gasteiger partial charge in [0.2, 0.25) is 0 Å². The quantitative estimate of drug-likeness (QED) is 0.225. The van der Waals surface area contributed by atoms with Crippen LogP contribution in [0.25, 0.3) is 17.0 Å². The van der Waals surface area contributed by atoms with Gasteiger partial charge in [-0.25, -0.2) is 0 Å². The maximum Gasteiger partial charge on any atom is 0.266 e. The minimum absolute atomic E-state index is 0.00122. The molecule has 0 bridgehead atoms. The standard InChI is InChI=1S/C27H21Cl2N3O2/c1-2-34-23-11-9-22(10-12-23)31-27(33)19(15-30)13-20-17-32(26-6-4-3-5-24(20)26)16-18-7-8-21(28)14-25(18)29/h3-14,17H,2,16H2,1H3,(H,31,33)/b19-13+. The van der Waals surface area contributed by atoms with Crippen LogP contribution in [0.2, 0.25) is 10.0 Å². The Morgan fingerprint density at radius 3 is 2.59 bits per heavy atom. The molecule has 0 radical (unpaired) electrons. The van der Waals surface area contributed by atoms with Crippen LogP contribution in [0.15, 0.2) is 78.5 Å². The van der Waals surface area contributed by atoms with Gasteiger partial charge >= 0.3 is 0 Å². The first-order chi connectivity index (χ1) is 16.5. The largest absolute Gasteiger partial charge is 0.494 e. The molecule has 1 aromatic heterocycles. The summed E-state index contributed by atoms with van der Waals surface area (Å²) >= 11 is 12.4. The maximum absolute atomic E-state index is 12.8. The van der Waals surface area contributed by atoms with Crippen molar-refractivity contribution < 1.29 is 9.53 Å². The number of nitriles is 1. The third kappa shape index (κ3) is 5.26. The van der Waals surface area contributed by atoms with Gasteiger partial charge in [-0.1, -0.05) is 47.5 Å². The molecule has 4 rings (SSSR count). The SMILES string of the molecule is CCOc1ccc(NC(=O)/C(C#N)=C/c2cn(Cc3ccc(Cl)cc3Cl)c3ccccc23)cc1. The molecular weight excluding hydrogens is 469 g/mol. The van der Waals surface area contributed by atoms with Crippen LogP contribution in [0.3, 0.4) is 0 Å². The van der Waals surface area contributed by atoms with Gasteiger partial charge in [-0.2, -0.15) is 5.26 Å². The molecule has 4 aromatic rings. The molecule has 0 aliphatic heterocycles. The van der Waals surface area contributed by atoms with Gasteiger partial charge in [0, 0.05) is 44.9 Å². The average molecular weight is 490 g/mol. The number of hydrogen-bond donors (Lipinski definition) is 1. The predicted molar refractivity (Wildman–Crippen MR) is 137 cm³/mol. The number of halogens is 2. The number of aromatic nitrogens is 1. The molecule has 3 aromatic carbocycles. The van der Waals surface area contributed by atoms with Crippen LogP contribution in [-0.2, 0) is 11.3 Å². The summed E-state index contributed by atoms with van der Waals surface area (Å²) in [7, 11) is 0. The summed E-state index contributed by atoms with van der Waals surface area (Å²) in [6.45, 7) is 2.98. The van der Waals surface area contributed by atoms with Gasteiger partial charge in [-0.05, 0) is 61.0 Å². The summed E-state index contributed by atoms with van der Waals surface area (Å²) in [5.74, 6) is 0.231. The number of amides is 1. The third-order valence-electron chi connectivity index (χ3n) is 5.26. The Morgan fingerprint density at radius 1 is 1.12 bits per heavy atom. The fraction of sp³-hybridized carbons (Fsp3) is 0.111. The van der Waals surface area contributed by atoms with Gasteiger partial charge in [-0.15, -0.1) is 0 Å². The summed E-state index contributed by atoms with van der Waals surface area (Å²) in [5.41, 5.74) is 3.22. The van der Waals surface area contributed by atoms with Crippen molar-refractivity contribution in [1.29, 1.82) is 5.26 Å². The molecule has 34 heavy (non-hydrogen) atoms. The van der Waals surface area contributed by atoms with E-state index in [9.17, 15) is 10.1 Å². The van der Waals surface area contributed by atoms with Crippen LogP contribution >= 0.6 is 23.2 Å². The zero-order valence-electron chi connectivity index (χ0n) is 18.4. The summed E-state index contributed by atoms with van der Waals surface area (Å²) in [5, 5.41) is 14.5. The van der Waals surface area contributed by atoms with E-state index in [1.54, 1.807) is 42.5 Å². The number of fused-ring (bicyclic) bond motifs is 1. The van der Waals surface area contributed by atoms with E-state index in [1.165, 1.54) is 0 Å². The van der Waals surface area contributed by atoms with Crippen molar-refractivity contribution in [1.82, 2.24) is 4.57 Å². The van der Waals surface area contributed by atoms with Crippen molar-refractivity contribution >= 4 is 51.8 Å². The van der Waals surface area contributed by atoms with E-state index in [2.05, 4.69) is 5.32 Å². The second-order valence-corrected chi connectivity index (χ2v) is 8.39. The van der Waals surface area contributed by atoms with E-state index in [4.69, 9.17) is 27.9 Å². The topological polar surface area (TPSA) is 67.0 Å². The van der Waals surface area contributed by atoms with E-state index in [1.807, 2.05) is 54.1 Å². The Balaban J connectivity index is 1.63. The molecule has 7 heteroatoms. The second-order valence-electron chi connectivity index (χ2n) is 7.55. The first kappa shape index (κ1) is 23.4. The Hall–Kier alpha value is -3.72. The lowest BCUT2D eigenvalue weighted by atomic mass is 10.1. The van der Waals surface area contributed by atoms with Crippen LogP contribution in [-0.4, -0.2) is 17.1 Å². The van der Waals surface area contributed by atoms with E-state index < -0.39 is 5.91 Å². The van der Waals surface area contributed by atoms with E-state index in [0.29, 0.717) is 34.6 Å². The van der Waals surface area contributed by atoms with Gasteiger partial charge in [0.1, 0.15) is 17.4 Å². The van der Waals surface area contributed by atoms with Crippen molar-refractivity contribution in [2.45, 2.75) is 13.5 Å². The van der Waals surface area contributed by atoms with Crippen LogP contribution < -0.4 is 10.1 Å². The fourth-order valence-corrected chi connectivity index (χ4v) is 4.13. The Labute approximate surface area is 207 Å². The highest BCUT2D eigenvalue weighted by molar-refractivity contribution is 6.35. The van der Waals surface area contributed by atoms with Gasteiger partial charge in [0.25, 0.3) is 5.91 Å². The Morgan fingerprint density at radius 2 is 1.88 bits per heavy atom. The highest BCUT2D eigenvalue weighted by Gasteiger charge is 2.14. The Kier molecular flexibility index (Phi) is 7.22. The molecule has 0 aliphatic rings. The number of carbonyl (C=O) groups excluding carboxylic acids is 1. The molecule has 0 unspecified atom stereocenters. The van der Waals surface area contributed by atoms with E-state index in [-0.39, 0.29) is 5.57 Å². The number of nitrogens with one attached hydrogen (secondary N) is 1. The monoisotopic (exact) mass is 489 g/mol. The highest BCUT2D eigenvalue weighted by Crippen LogP contribution is 2.27. The molecule has 0 saturated heterocycles. The van der Waals surface area contributed by atoms with Crippen molar-refractivity contribution in [2.24, 2.45) is 0 Å². The molecule has 5 nitrogen and oxygen atoms in total. The summed E-state index contributed by atoms with van der Waals surface area (Å²) in [6, 6.07) is 22.2. The maximum atomic E-state index is 12.8. The predicted octanol–water partition coefficient (Wildman–Crippen LogP) is 6.94. The van der Waals surface area contributed by atoms with Crippen LogP contribution in [0.4, 0.5) is 5.69 Å². The first-order valence-electron chi connectivity index (χ1n) is 10.7. The number of ether oxygens (including phenoxy) is 1. The summed E-state index contributed by atoms with van der Waals surface area (Å²) in [6.07, 6.45) is 3.52. The molecule has 0 fully saturated rings. The smallest absolute Gasteiger partial charge is 0.266 e. The number of benzene rings is 3. The van der Waals surface area contributed by atoms with E-state index in [0.717, 1.165) is 22.0 Å². The molecule has 0 spiro atoms. The normalized spacial score (nSPS) is 11.3. The van der Waals surface area contributed by atoms with Crippen LogP contribution in [0, 0.1) is 11.3 Å². The number of carbonyl (C=O) groups is 1. The third-order valence-corrected chi connectivity index (χ3v) is 5.85. The molecule has 0 saturated carbocycles. The summed E-state index contributed by atoms with van der Waals surface area (Å²) < 4.78 is 7.46. The van der Waals surface area contributed by atoms with Crippen LogP contribution in [0.5, 0.6) is 5.75 Å². The van der Waals surface area contributed by atoms with Gasteiger partial charge in [0.05, 0.1) is 6.61 Å². The number of para-hydroxylation sites is 1. The van der Waals surface area contributed by atoms with Crippen molar-refractivity contribution in [3.63, 3.8) is 0 Å². The van der Waals surface area contributed by atoms with E-state index >= 15 is 0 Å². The van der Waals surface area contributed by atoms with Crippen molar-refractivity contribution in [3.05, 3.63) is 99.7 Å². The summed E-state index contributed by atoms with van der Waals surface area (Å²) in [4.78, 5) is 12.8. The zero-order chi connectivity index (χ0) is 24.1. The molecule has 170 valence electrons. The molecule has 1 N–H and O–H groups in total. The molecular formula is C27H21Cl2N3O2. The first-order valence-corrected chi connectivity index (χ1v) is 11.4. The molecule has 1 amide bonds. The molecule has 0 aliphatic carbocycles. The van der Waals surface area contributed by atoms with Gasteiger partial charge in [0.15, 0.2) is 0 Å². The Bertz CT molecular complexity index is 1420. The minimum Gasteiger partial charge on any atom is -0.494 e. The lowest BCUT2D eigenvalue weighted by Gasteiger charge is -2.08. The van der Waals surface area contributed by atoms with Gasteiger partial charge in [-0.3, -0.25) is 4.79 Å². The zero-order valence-corrected chi connectivity index (χ0v) is 19.9. The number of anilines is 1. The fourth-order valence-electron chi connectivity index (χ4n) is 3.66. The lowest BCUT2D eigenvalue weighted by molar-refractivity contribution is -0.112. The second kappa shape index (κ2) is 10.5. The molecule has 0 atom stereocenters. The van der Waals surface area contributed by atoms with Crippen molar-refractivity contribution in [2.75, 3.05) is 11.9 Å². The number of hydrogen-bond acceptors (Lipinski definition) is 3. The van der Waals surface area contributed by atoms with Crippen LogP contribution in [0.1, 0.15) is 18.1 Å². The van der Waals surface area contributed by atoms with Crippen molar-refractivity contribution in [3.8, 4) is 11.8 Å². The molecule has 1 heterocycles.